The van der Waals surface area contributed by atoms with E-state index in [4.69, 9.17) is 9.26 Å². The van der Waals surface area contributed by atoms with E-state index in [1.807, 2.05) is 0 Å². The van der Waals surface area contributed by atoms with Gasteiger partial charge in [-0.05, 0) is 60.7 Å². The van der Waals surface area contributed by atoms with Gasteiger partial charge in [-0.3, -0.25) is 0 Å². The Hall–Kier alpha value is -3.54. The van der Waals surface area contributed by atoms with Crippen molar-refractivity contribution in [3.63, 3.8) is 0 Å². The van der Waals surface area contributed by atoms with Gasteiger partial charge in [0, 0.05) is 17.0 Å². The maximum atomic E-state index is 13.1. The highest BCUT2D eigenvalue weighted by atomic mass is 19.1. The molecule has 0 unspecified atom stereocenters. The van der Waals surface area contributed by atoms with E-state index in [2.05, 4.69) is 5.16 Å². The number of rotatable bonds is 3. The summed E-state index contributed by atoms with van der Waals surface area (Å²) in [6.07, 6.45) is 0. The molecule has 0 amide bonds. The molecule has 0 bridgehead atoms. The normalized spacial score (nSPS) is 10.8. The quantitative estimate of drug-likeness (QED) is 0.385. The lowest BCUT2D eigenvalue weighted by atomic mass is 10.1. The summed E-state index contributed by atoms with van der Waals surface area (Å²) in [5, 5.41) is 4.71. The van der Waals surface area contributed by atoms with E-state index in [9.17, 15) is 13.6 Å². The van der Waals surface area contributed by atoms with Gasteiger partial charge < -0.3 is 9.26 Å². The highest BCUT2D eigenvalue weighted by molar-refractivity contribution is 5.94. The molecular weight excluding hydrogens is 340 g/mol. The zero-order valence-electron chi connectivity index (χ0n) is 13.3. The minimum atomic E-state index is -0.609. The number of nitrogens with zero attached hydrogens (tertiary/aromatic N) is 1. The molecule has 0 aliphatic heterocycles. The third-order valence-electron chi connectivity index (χ3n) is 3.85. The van der Waals surface area contributed by atoms with E-state index >= 15 is 0 Å². The molecule has 128 valence electrons. The van der Waals surface area contributed by atoms with Crippen LogP contribution in [0, 0.1) is 11.6 Å². The molecule has 0 N–H and O–H groups in total. The minimum Gasteiger partial charge on any atom is -0.423 e. The molecule has 0 spiro atoms. The molecule has 0 aliphatic carbocycles. The molecule has 0 radical (unpaired) electrons. The molecule has 3 aromatic carbocycles. The Bertz CT molecular complexity index is 1090. The van der Waals surface area contributed by atoms with Gasteiger partial charge in [-0.15, -0.1) is 0 Å². The Morgan fingerprint density at radius 1 is 0.885 bits per heavy atom. The monoisotopic (exact) mass is 351 g/mol. The van der Waals surface area contributed by atoms with E-state index in [-0.39, 0.29) is 17.1 Å². The van der Waals surface area contributed by atoms with E-state index in [0.29, 0.717) is 22.2 Å². The fourth-order valence-corrected chi connectivity index (χ4v) is 2.55. The first kappa shape index (κ1) is 16.0. The zero-order valence-corrected chi connectivity index (χ0v) is 13.3. The van der Waals surface area contributed by atoms with Gasteiger partial charge >= 0.3 is 5.97 Å². The SMILES string of the molecule is O=C(Oc1ccc2c(-c3ccc(F)cc3)noc2c1)c1ccc(F)cc1. The van der Waals surface area contributed by atoms with E-state index in [1.54, 1.807) is 24.3 Å². The van der Waals surface area contributed by atoms with E-state index < -0.39 is 11.8 Å². The third kappa shape index (κ3) is 3.04. The summed E-state index contributed by atoms with van der Waals surface area (Å²) in [5.41, 5.74) is 1.93. The molecule has 0 saturated heterocycles. The molecule has 0 aliphatic rings. The molecule has 4 aromatic rings. The molecule has 1 aromatic heterocycles. The number of hydrogen-bond acceptors (Lipinski definition) is 4. The number of esters is 1. The van der Waals surface area contributed by atoms with Crippen molar-refractivity contribution in [1.29, 1.82) is 0 Å². The number of aromatic nitrogens is 1. The number of carbonyl (C=O) groups excluding carboxylic acids is 1. The van der Waals surface area contributed by atoms with E-state index in [1.165, 1.54) is 42.5 Å². The average Bonchev–Trinajstić information content (AvgIpc) is 3.06. The smallest absolute Gasteiger partial charge is 0.343 e. The molecule has 0 fully saturated rings. The van der Waals surface area contributed by atoms with Crippen LogP contribution in [-0.4, -0.2) is 11.1 Å². The lowest BCUT2D eigenvalue weighted by molar-refractivity contribution is 0.0735. The van der Waals surface area contributed by atoms with Crippen LogP contribution in [0.25, 0.3) is 22.2 Å². The summed E-state index contributed by atoms with van der Waals surface area (Å²) >= 11 is 0. The number of ether oxygens (including phenoxy) is 1. The van der Waals surface area contributed by atoms with Crippen molar-refractivity contribution in [3.8, 4) is 17.0 Å². The van der Waals surface area contributed by atoms with Crippen molar-refractivity contribution in [3.05, 3.63) is 83.9 Å². The average molecular weight is 351 g/mol. The predicted molar refractivity (Wildman–Crippen MR) is 90.8 cm³/mol. The second-order valence-corrected chi connectivity index (χ2v) is 5.59. The maximum Gasteiger partial charge on any atom is 0.343 e. The van der Waals surface area contributed by atoms with Crippen LogP contribution >= 0.6 is 0 Å². The summed E-state index contributed by atoms with van der Waals surface area (Å²) in [4.78, 5) is 12.1. The summed E-state index contributed by atoms with van der Waals surface area (Å²) in [6, 6.07) is 15.8. The Morgan fingerprint density at radius 3 is 2.23 bits per heavy atom. The second kappa shape index (κ2) is 6.40. The van der Waals surface area contributed by atoms with Crippen LogP contribution in [0.15, 0.2) is 71.3 Å². The Morgan fingerprint density at radius 2 is 1.54 bits per heavy atom. The maximum absolute atomic E-state index is 13.1. The Balaban J connectivity index is 1.61. The van der Waals surface area contributed by atoms with Crippen LogP contribution in [0.3, 0.4) is 0 Å². The van der Waals surface area contributed by atoms with Gasteiger partial charge in [0.2, 0.25) is 0 Å². The first-order valence-electron chi connectivity index (χ1n) is 7.73. The summed E-state index contributed by atoms with van der Waals surface area (Å²) in [5.74, 6) is -1.11. The van der Waals surface area contributed by atoms with Crippen LogP contribution in [0.1, 0.15) is 10.4 Å². The Labute approximate surface area is 146 Å². The van der Waals surface area contributed by atoms with Gasteiger partial charge in [-0.1, -0.05) is 5.16 Å². The minimum absolute atomic E-state index is 0.232. The van der Waals surface area contributed by atoms with Gasteiger partial charge in [0.25, 0.3) is 0 Å². The number of benzene rings is 3. The van der Waals surface area contributed by atoms with Crippen molar-refractivity contribution in [1.82, 2.24) is 5.16 Å². The lowest BCUT2D eigenvalue weighted by Gasteiger charge is -2.04. The van der Waals surface area contributed by atoms with Gasteiger partial charge in [-0.25, -0.2) is 13.6 Å². The summed E-state index contributed by atoms with van der Waals surface area (Å²) in [7, 11) is 0. The summed E-state index contributed by atoms with van der Waals surface area (Å²) < 4.78 is 36.6. The van der Waals surface area contributed by atoms with Gasteiger partial charge in [0.15, 0.2) is 5.58 Å². The van der Waals surface area contributed by atoms with Crippen molar-refractivity contribution in [2.24, 2.45) is 0 Å². The standard InChI is InChI=1S/C20H11F2NO3/c21-14-5-1-12(2-6-14)19-17-10-9-16(11-18(17)26-23-19)25-20(24)13-3-7-15(22)8-4-13/h1-11H. The Kier molecular flexibility index (Phi) is 3.93. The molecule has 4 rings (SSSR count). The largest absolute Gasteiger partial charge is 0.423 e. The second-order valence-electron chi connectivity index (χ2n) is 5.59. The molecule has 1 heterocycles. The topological polar surface area (TPSA) is 52.3 Å². The fourth-order valence-electron chi connectivity index (χ4n) is 2.55. The third-order valence-corrected chi connectivity index (χ3v) is 3.85. The van der Waals surface area contributed by atoms with Gasteiger partial charge in [0.05, 0.1) is 5.56 Å². The highest BCUT2D eigenvalue weighted by Gasteiger charge is 2.14. The molecule has 26 heavy (non-hydrogen) atoms. The number of halogens is 2. The van der Waals surface area contributed by atoms with Crippen molar-refractivity contribution < 1.29 is 22.8 Å². The zero-order chi connectivity index (χ0) is 18.1. The van der Waals surface area contributed by atoms with Crippen molar-refractivity contribution in [2.45, 2.75) is 0 Å². The van der Waals surface area contributed by atoms with Crippen molar-refractivity contribution in [2.75, 3.05) is 0 Å². The molecule has 0 atom stereocenters. The van der Waals surface area contributed by atoms with Crippen molar-refractivity contribution >= 4 is 16.9 Å². The molecule has 0 saturated carbocycles. The lowest BCUT2D eigenvalue weighted by Crippen LogP contribution is -2.08. The summed E-state index contributed by atoms with van der Waals surface area (Å²) in [6.45, 7) is 0. The molecule has 4 nitrogen and oxygen atoms in total. The van der Waals surface area contributed by atoms with Crippen LogP contribution in [0.2, 0.25) is 0 Å². The molecule has 6 heteroatoms. The van der Waals surface area contributed by atoms with Crippen LogP contribution in [-0.2, 0) is 0 Å². The van der Waals surface area contributed by atoms with Gasteiger partial charge in [0.1, 0.15) is 23.1 Å². The predicted octanol–water partition coefficient (Wildman–Crippen LogP) is 4.99. The fraction of sp³-hybridized carbons (Fsp3) is 0. The van der Waals surface area contributed by atoms with Crippen LogP contribution in [0.5, 0.6) is 5.75 Å². The van der Waals surface area contributed by atoms with Crippen LogP contribution < -0.4 is 4.74 Å². The first-order valence-corrected chi connectivity index (χ1v) is 7.73. The highest BCUT2D eigenvalue weighted by Crippen LogP contribution is 2.30. The first-order chi connectivity index (χ1) is 12.6. The van der Waals surface area contributed by atoms with Crippen LogP contribution in [0.4, 0.5) is 8.78 Å². The van der Waals surface area contributed by atoms with Gasteiger partial charge in [-0.2, -0.15) is 0 Å². The van der Waals surface area contributed by atoms with E-state index in [0.717, 1.165) is 0 Å². The molecular formula is C20H11F2NO3. The number of carbonyl (C=O) groups is 1. The number of fused-ring (bicyclic) bond motifs is 1. The number of hydrogen-bond donors (Lipinski definition) is 0.